The standard InChI is InChI=1S/C15H12N2O4S2/c16-11-22-15(12-5-2-1-3-6-12)10-23(20,21)14-8-4-7-13(9-14)17(18)19/h1-9,15H,10H2/t15-/m0/s1. The molecule has 6 nitrogen and oxygen atoms in total. The molecule has 0 aliphatic rings. The number of benzene rings is 2. The first-order valence-electron chi connectivity index (χ1n) is 6.51. The third kappa shape index (κ3) is 4.31. The number of rotatable bonds is 6. The Morgan fingerprint density at radius 2 is 1.87 bits per heavy atom. The summed E-state index contributed by atoms with van der Waals surface area (Å²) in [5, 5.41) is 21.1. The van der Waals surface area contributed by atoms with E-state index in [9.17, 15) is 18.5 Å². The first-order chi connectivity index (χ1) is 10.9. The van der Waals surface area contributed by atoms with Crippen LogP contribution in [-0.2, 0) is 9.84 Å². The van der Waals surface area contributed by atoms with Crippen molar-refractivity contribution in [1.82, 2.24) is 0 Å². The Hall–Kier alpha value is -2.37. The van der Waals surface area contributed by atoms with Crippen LogP contribution in [0.3, 0.4) is 0 Å². The van der Waals surface area contributed by atoms with E-state index < -0.39 is 20.0 Å². The molecular weight excluding hydrogens is 336 g/mol. The molecule has 0 aliphatic heterocycles. The summed E-state index contributed by atoms with van der Waals surface area (Å²) in [4.78, 5) is 10.0. The average Bonchev–Trinajstić information content (AvgIpc) is 2.55. The summed E-state index contributed by atoms with van der Waals surface area (Å²) in [7, 11) is -3.76. The number of sulfone groups is 1. The van der Waals surface area contributed by atoms with E-state index >= 15 is 0 Å². The van der Waals surface area contributed by atoms with Gasteiger partial charge in [0.15, 0.2) is 9.84 Å². The Labute approximate surface area is 137 Å². The van der Waals surface area contributed by atoms with Gasteiger partial charge in [-0.3, -0.25) is 10.1 Å². The molecule has 2 aromatic rings. The van der Waals surface area contributed by atoms with Gasteiger partial charge < -0.3 is 0 Å². The van der Waals surface area contributed by atoms with Gasteiger partial charge in [-0.1, -0.05) is 36.4 Å². The number of thioether (sulfide) groups is 1. The molecular formula is C15H12N2O4S2. The Bertz CT molecular complexity index is 845. The maximum Gasteiger partial charge on any atom is 0.270 e. The molecule has 0 unspecified atom stereocenters. The average molecular weight is 348 g/mol. The van der Waals surface area contributed by atoms with Crippen molar-refractivity contribution in [3.05, 3.63) is 70.3 Å². The second-order valence-electron chi connectivity index (χ2n) is 4.64. The molecule has 0 radical (unpaired) electrons. The smallest absolute Gasteiger partial charge is 0.258 e. The lowest BCUT2D eigenvalue weighted by atomic mass is 10.2. The molecule has 2 rings (SSSR count). The summed E-state index contributed by atoms with van der Waals surface area (Å²) >= 11 is 0.854. The van der Waals surface area contributed by atoms with Gasteiger partial charge in [0.05, 0.1) is 20.8 Å². The molecule has 0 spiro atoms. The van der Waals surface area contributed by atoms with E-state index in [1.165, 1.54) is 18.2 Å². The highest BCUT2D eigenvalue weighted by molar-refractivity contribution is 8.04. The minimum Gasteiger partial charge on any atom is -0.258 e. The zero-order valence-electron chi connectivity index (χ0n) is 11.8. The maximum absolute atomic E-state index is 12.5. The van der Waals surface area contributed by atoms with E-state index in [-0.39, 0.29) is 16.3 Å². The van der Waals surface area contributed by atoms with Crippen LogP contribution in [0.15, 0.2) is 59.5 Å². The van der Waals surface area contributed by atoms with Crippen LogP contribution in [0, 0.1) is 20.8 Å². The van der Waals surface area contributed by atoms with Gasteiger partial charge in [0.2, 0.25) is 0 Å². The van der Waals surface area contributed by atoms with Gasteiger partial charge in [-0.15, -0.1) is 0 Å². The second kappa shape index (κ2) is 7.26. The summed E-state index contributed by atoms with van der Waals surface area (Å²) < 4.78 is 25.0. The number of nitro benzene ring substituents is 1. The molecule has 2 aromatic carbocycles. The van der Waals surface area contributed by atoms with Gasteiger partial charge in [-0.2, -0.15) is 5.26 Å². The van der Waals surface area contributed by atoms with Crippen molar-refractivity contribution >= 4 is 27.3 Å². The van der Waals surface area contributed by atoms with Crippen molar-refractivity contribution in [2.24, 2.45) is 0 Å². The molecule has 0 saturated carbocycles. The number of non-ortho nitro benzene ring substituents is 1. The van der Waals surface area contributed by atoms with Crippen molar-refractivity contribution in [1.29, 1.82) is 5.26 Å². The second-order valence-corrected chi connectivity index (χ2v) is 7.67. The van der Waals surface area contributed by atoms with Crippen LogP contribution in [-0.4, -0.2) is 19.1 Å². The van der Waals surface area contributed by atoms with Crippen LogP contribution in [0.2, 0.25) is 0 Å². The van der Waals surface area contributed by atoms with Gasteiger partial charge in [0, 0.05) is 12.1 Å². The van der Waals surface area contributed by atoms with Crippen LogP contribution in [0.1, 0.15) is 10.8 Å². The van der Waals surface area contributed by atoms with E-state index in [1.807, 2.05) is 5.40 Å². The summed E-state index contributed by atoms with van der Waals surface area (Å²) in [5.74, 6) is -0.309. The van der Waals surface area contributed by atoms with Crippen LogP contribution in [0.4, 0.5) is 5.69 Å². The van der Waals surface area contributed by atoms with E-state index in [0.717, 1.165) is 17.8 Å². The highest BCUT2D eigenvalue weighted by atomic mass is 32.2. The predicted octanol–water partition coefficient (Wildman–Crippen LogP) is 3.32. The molecule has 1 atom stereocenters. The Balaban J connectivity index is 2.34. The summed E-state index contributed by atoms with van der Waals surface area (Å²) in [5.41, 5.74) is 0.434. The number of nitriles is 1. The minimum absolute atomic E-state index is 0.119. The Kier molecular flexibility index (Phi) is 5.36. The van der Waals surface area contributed by atoms with Crippen LogP contribution < -0.4 is 0 Å². The molecule has 23 heavy (non-hydrogen) atoms. The molecule has 0 saturated heterocycles. The fraction of sp³-hybridized carbons (Fsp3) is 0.133. The minimum atomic E-state index is -3.76. The van der Waals surface area contributed by atoms with Crippen molar-refractivity contribution in [2.75, 3.05) is 5.75 Å². The molecule has 0 aliphatic carbocycles. The number of hydrogen-bond acceptors (Lipinski definition) is 6. The van der Waals surface area contributed by atoms with E-state index in [0.29, 0.717) is 5.56 Å². The Morgan fingerprint density at radius 3 is 2.48 bits per heavy atom. The number of nitrogens with zero attached hydrogens (tertiary/aromatic N) is 2. The third-order valence-electron chi connectivity index (χ3n) is 3.12. The number of thiocyanates is 1. The molecule has 0 aromatic heterocycles. The van der Waals surface area contributed by atoms with Crippen LogP contribution in [0.25, 0.3) is 0 Å². The van der Waals surface area contributed by atoms with E-state index in [1.54, 1.807) is 30.3 Å². The molecule has 0 amide bonds. The third-order valence-corrected chi connectivity index (χ3v) is 5.91. The summed E-state index contributed by atoms with van der Waals surface area (Å²) in [6.45, 7) is 0. The molecule has 0 N–H and O–H groups in total. The largest absolute Gasteiger partial charge is 0.270 e. The topological polar surface area (TPSA) is 101 Å². The lowest BCUT2D eigenvalue weighted by molar-refractivity contribution is -0.385. The highest BCUT2D eigenvalue weighted by Gasteiger charge is 2.24. The van der Waals surface area contributed by atoms with Gasteiger partial charge in [-0.25, -0.2) is 8.42 Å². The Morgan fingerprint density at radius 1 is 1.17 bits per heavy atom. The number of nitro groups is 1. The zero-order valence-corrected chi connectivity index (χ0v) is 13.5. The quantitative estimate of drug-likeness (QED) is 0.451. The SMILES string of the molecule is N#CS[C@@H](CS(=O)(=O)c1cccc([N+](=O)[O-])c1)c1ccccc1. The lowest BCUT2D eigenvalue weighted by Crippen LogP contribution is -2.13. The van der Waals surface area contributed by atoms with Gasteiger partial charge in [-0.05, 0) is 23.4 Å². The van der Waals surface area contributed by atoms with Gasteiger partial charge in [0.25, 0.3) is 5.69 Å². The molecule has 0 heterocycles. The fourth-order valence-corrected chi connectivity index (χ4v) is 4.62. The maximum atomic E-state index is 12.5. The first-order valence-corrected chi connectivity index (χ1v) is 9.04. The fourth-order valence-electron chi connectivity index (χ4n) is 2.02. The first kappa shape index (κ1) is 17.0. The summed E-state index contributed by atoms with van der Waals surface area (Å²) in [6.07, 6.45) is 0. The van der Waals surface area contributed by atoms with Crippen molar-refractivity contribution in [3.63, 3.8) is 0 Å². The molecule has 0 fully saturated rings. The lowest BCUT2D eigenvalue weighted by Gasteiger charge is -2.13. The van der Waals surface area contributed by atoms with Crippen LogP contribution in [0.5, 0.6) is 0 Å². The zero-order chi connectivity index (χ0) is 16.9. The van der Waals surface area contributed by atoms with Gasteiger partial charge in [0.1, 0.15) is 5.40 Å². The number of hydrogen-bond donors (Lipinski definition) is 0. The molecule has 8 heteroatoms. The molecule has 118 valence electrons. The summed E-state index contributed by atoms with van der Waals surface area (Å²) in [6, 6.07) is 13.7. The highest BCUT2D eigenvalue weighted by Crippen LogP contribution is 2.32. The predicted molar refractivity (Wildman–Crippen MR) is 87.5 cm³/mol. The van der Waals surface area contributed by atoms with Crippen LogP contribution >= 0.6 is 11.8 Å². The van der Waals surface area contributed by atoms with Crippen molar-refractivity contribution in [3.8, 4) is 5.40 Å². The normalized spacial score (nSPS) is 12.3. The van der Waals surface area contributed by atoms with Gasteiger partial charge >= 0.3 is 0 Å². The molecule has 0 bridgehead atoms. The monoisotopic (exact) mass is 348 g/mol. The van der Waals surface area contributed by atoms with E-state index in [4.69, 9.17) is 5.26 Å². The van der Waals surface area contributed by atoms with Crippen molar-refractivity contribution in [2.45, 2.75) is 10.1 Å². The van der Waals surface area contributed by atoms with Crippen molar-refractivity contribution < 1.29 is 13.3 Å². The van der Waals surface area contributed by atoms with E-state index in [2.05, 4.69) is 0 Å².